The molecule has 2 N–H and O–H groups in total. The van der Waals surface area contributed by atoms with Gasteiger partial charge in [-0.2, -0.15) is 0 Å². The minimum absolute atomic E-state index is 0.133. The van der Waals surface area contributed by atoms with Crippen LogP contribution in [0, 0.1) is 13.8 Å². The molecule has 0 radical (unpaired) electrons. The molecule has 0 saturated heterocycles. The number of rotatable bonds is 9. The van der Waals surface area contributed by atoms with Crippen molar-refractivity contribution in [1.29, 1.82) is 0 Å². The van der Waals surface area contributed by atoms with Crippen LogP contribution in [0.2, 0.25) is 10.0 Å². The quantitative estimate of drug-likeness (QED) is 0.315. The van der Waals surface area contributed by atoms with E-state index in [1.807, 2.05) is 32.0 Å². The van der Waals surface area contributed by atoms with E-state index in [9.17, 15) is 9.59 Å². The number of benzene rings is 2. The van der Waals surface area contributed by atoms with Gasteiger partial charge in [0.05, 0.1) is 22.9 Å². The highest BCUT2D eigenvalue weighted by molar-refractivity contribution is 7.99. The minimum Gasteiger partial charge on any atom is -0.345 e. The predicted molar refractivity (Wildman–Crippen MR) is 133 cm³/mol. The van der Waals surface area contributed by atoms with Gasteiger partial charge in [-0.3, -0.25) is 9.59 Å². The lowest BCUT2D eigenvalue weighted by molar-refractivity contribution is -0.113. The molecule has 0 unspecified atom stereocenters. The van der Waals surface area contributed by atoms with Crippen molar-refractivity contribution < 1.29 is 9.59 Å². The number of anilines is 1. The number of aryl methyl sites for hydroxylation is 2. The molecule has 7 nitrogen and oxygen atoms in total. The molecule has 0 fully saturated rings. The zero-order chi connectivity index (χ0) is 24.0. The van der Waals surface area contributed by atoms with E-state index in [4.69, 9.17) is 23.2 Å². The smallest absolute Gasteiger partial charge is 0.253 e. The second-order valence-corrected chi connectivity index (χ2v) is 9.05. The average molecular weight is 504 g/mol. The van der Waals surface area contributed by atoms with Crippen molar-refractivity contribution in [2.24, 2.45) is 0 Å². The zero-order valence-electron chi connectivity index (χ0n) is 18.2. The van der Waals surface area contributed by atoms with Gasteiger partial charge < -0.3 is 15.2 Å². The Balaban J connectivity index is 1.63. The molecule has 0 atom stereocenters. The first-order valence-corrected chi connectivity index (χ1v) is 11.8. The predicted octanol–water partition coefficient (Wildman–Crippen LogP) is 5.05. The van der Waals surface area contributed by atoms with Crippen LogP contribution in [0.1, 0.15) is 27.3 Å². The fraction of sp³-hybridized carbons (Fsp3) is 0.217. The molecule has 3 aromatic rings. The monoisotopic (exact) mass is 503 g/mol. The third-order valence-electron chi connectivity index (χ3n) is 4.69. The van der Waals surface area contributed by atoms with Gasteiger partial charge in [-0.05, 0) is 49.2 Å². The number of carbonyl (C=O) groups is 2. The lowest BCUT2D eigenvalue weighted by Gasteiger charge is -2.11. The molecular formula is C23H23Cl2N5O2S. The number of hydrogen-bond acceptors (Lipinski definition) is 5. The first kappa shape index (κ1) is 24.8. The largest absolute Gasteiger partial charge is 0.345 e. The first-order valence-electron chi connectivity index (χ1n) is 10.0. The van der Waals surface area contributed by atoms with Gasteiger partial charge in [-0.1, -0.05) is 53.2 Å². The number of carbonyl (C=O) groups excluding carboxylic acids is 2. The Morgan fingerprint density at radius 2 is 1.94 bits per heavy atom. The molecule has 0 aliphatic carbocycles. The van der Waals surface area contributed by atoms with Crippen LogP contribution in [0.3, 0.4) is 0 Å². The summed E-state index contributed by atoms with van der Waals surface area (Å²) in [7, 11) is 0. The highest BCUT2D eigenvalue weighted by atomic mass is 35.5. The average Bonchev–Trinajstić information content (AvgIpc) is 3.15. The summed E-state index contributed by atoms with van der Waals surface area (Å²) in [5.41, 5.74) is 3.17. The molecule has 3 rings (SSSR count). The van der Waals surface area contributed by atoms with Gasteiger partial charge in [0.25, 0.3) is 5.91 Å². The van der Waals surface area contributed by atoms with Crippen LogP contribution < -0.4 is 10.6 Å². The molecule has 0 saturated carbocycles. The maximum Gasteiger partial charge on any atom is 0.253 e. The molecule has 1 aromatic heterocycles. The SMILES string of the molecule is C=CCn1c(CNC(=O)c2ccc(Cl)cc2Cl)nnc1SCC(=O)Nc1cc(C)ccc1C. The number of allylic oxidation sites excluding steroid dienone is 1. The number of amides is 2. The summed E-state index contributed by atoms with van der Waals surface area (Å²) >= 11 is 13.3. The number of nitrogens with zero attached hydrogens (tertiary/aromatic N) is 3. The molecule has 0 aliphatic rings. The standard InChI is InChI=1S/C23H23Cl2N5O2S/c1-4-9-30-20(12-26-22(32)17-8-7-16(24)11-18(17)25)28-29-23(30)33-13-21(31)27-19-10-14(2)5-6-15(19)3/h4-8,10-11H,1,9,12-13H2,2-3H3,(H,26,32)(H,27,31). The molecule has 33 heavy (non-hydrogen) atoms. The minimum atomic E-state index is -0.355. The van der Waals surface area contributed by atoms with E-state index in [0.717, 1.165) is 16.8 Å². The highest BCUT2D eigenvalue weighted by Gasteiger charge is 2.16. The van der Waals surface area contributed by atoms with Crippen LogP contribution in [0.5, 0.6) is 0 Å². The third kappa shape index (κ3) is 6.60. The molecular weight excluding hydrogens is 481 g/mol. The van der Waals surface area contributed by atoms with Gasteiger partial charge in [-0.25, -0.2) is 0 Å². The normalized spacial score (nSPS) is 10.7. The molecule has 0 bridgehead atoms. The molecule has 0 aliphatic heterocycles. The van der Waals surface area contributed by atoms with Crippen LogP contribution in [0.15, 0.2) is 54.2 Å². The van der Waals surface area contributed by atoms with Gasteiger partial charge in [0.1, 0.15) is 0 Å². The van der Waals surface area contributed by atoms with Crippen molar-refractivity contribution in [2.75, 3.05) is 11.1 Å². The number of hydrogen-bond donors (Lipinski definition) is 2. The Bertz CT molecular complexity index is 1200. The Kier molecular flexibility index (Phi) is 8.55. The fourth-order valence-corrected chi connectivity index (χ4v) is 4.25. The van der Waals surface area contributed by atoms with Crippen LogP contribution in [0.4, 0.5) is 5.69 Å². The third-order valence-corrected chi connectivity index (χ3v) is 6.20. The van der Waals surface area contributed by atoms with Crippen LogP contribution >= 0.6 is 35.0 Å². The van der Waals surface area contributed by atoms with Gasteiger partial charge >= 0.3 is 0 Å². The summed E-state index contributed by atoms with van der Waals surface area (Å²) < 4.78 is 1.80. The highest BCUT2D eigenvalue weighted by Crippen LogP contribution is 2.22. The van der Waals surface area contributed by atoms with Crippen molar-refractivity contribution in [3.8, 4) is 0 Å². The topological polar surface area (TPSA) is 88.9 Å². The van der Waals surface area contributed by atoms with E-state index >= 15 is 0 Å². The van der Waals surface area contributed by atoms with E-state index in [1.165, 1.54) is 17.8 Å². The van der Waals surface area contributed by atoms with Crippen molar-refractivity contribution in [1.82, 2.24) is 20.1 Å². The summed E-state index contributed by atoms with van der Waals surface area (Å²) in [5, 5.41) is 15.3. The number of halogens is 2. The second kappa shape index (κ2) is 11.4. The Morgan fingerprint density at radius 1 is 1.15 bits per heavy atom. The summed E-state index contributed by atoms with van der Waals surface area (Å²) in [5.74, 6) is 0.196. The Hall–Kier alpha value is -2.81. The summed E-state index contributed by atoms with van der Waals surface area (Å²) in [6.07, 6.45) is 1.70. The number of thioether (sulfide) groups is 1. The molecule has 2 amide bonds. The zero-order valence-corrected chi connectivity index (χ0v) is 20.5. The van der Waals surface area contributed by atoms with Crippen molar-refractivity contribution in [2.45, 2.75) is 32.1 Å². The van der Waals surface area contributed by atoms with Crippen LogP contribution in [0.25, 0.3) is 0 Å². The molecule has 172 valence electrons. The van der Waals surface area contributed by atoms with E-state index in [0.29, 0.717) is 28.1 Å². The maximum absolute atomic E-state index is 12.5. The summed E-state index contributed by atoms with van der Waals surface area (Å²) in [6, 6.07) is 10.6. The molecule has 2 aromatic carbocycles. The lowest BCUT2D eigenvalue weighted by atomic mass is 10.1. The number of nitrogens with one attached hydrogen (secondary N) is 2. The van der Waals surface area contributed by atoms with E-state index < -0.39 is 0 Å². The maximum atomic E-state index is 12.5. The van der Waals surface area contributed by atoms with Gasteiger partial charge in [0.2, 0.25) is 5.91 Å². The molecule has 1 heterocycles. The van der Waals surface area contributed by atoms with E-state index in [2.05, 4.69) is 27.4 Å². The molecule has 10 heteroatoms. The summed E-state index contributed by atoms with van der Waals surface area (Å²) in [6.45, 7) is 8.25. The van der Waals surface area contributed by atoms with Gasteiger partial charge in [0.15, 0.2) is 11.0 Å². The summed E-state index contributed by atoms with van der Waals surface area (Å²) in [4.78, 5) is 25.0. The van der Waals surface area contributed by atoms with Crippen molar-refractivity contribution in [3.63, 3.8) is 0 Å². The van der Waals surface area contributed by atoms with Gasteiger partial charge in [-0.15, -0.1) is 16.8 Å². The van der Waals surface area contributed by atoms with E-state index in [1.54, 1.807) is 22.8 Å². The number of aromatic nitrogens is 3. The molecule has 0 spiro atoms. The Morgan fingerprint density at radius 3 is 2.67 bits per heavy atom. The lowest BCUT2D eigenvalue weighted by Crippen LogP contribution is -2.25. The van der Waals surface area contributed by atoms with Crippen LogP contribution in [-0.4, -0.2) is 32.3 Å². The fourth-order valence-electron chi connectivity index (χ4n) is 2.98. The van der Waals surface area contributed by atoms with Crippen molar-refractivity contribution in [3.05, 3.63) is 81.6 Å². The first-order chi connectivity index (χ1) is 15.8. The Labute approximate surface area is 206 Å². The van der Waals surface area contributed by atoms with Crippen LogP contribution in [-0.2, 0) is 17.9 Å². The van der Waals surface area contributed by atoms with E-state index in [-0.39, 0.29) is 29.1 Å². The van der Waals surface area contributed by atoms with Gasteiger partial charge in [0, 0.05) is 17.3 Å². The van der Waals surface area contributed by atoms with Crippen molar-refractivity contribution >= 4 is 52.5 Å². The second-order valence-electron chi connectivity index (χ2n) is 7.26.